The standard InChI is InChI=1S/C18H17ClFN3O/c1-12-10-11-23(18(24)21-16-8-4-14(19)5-9-16)22-17(12)13-2-6-15(20)7-3-13/h2-9,12H,10-11H2,1H3,(H,21,24). The number of halogens is 2. The van der Waals surface area contributed by atoms with Crippen LogP contribution >= 0.6 is 11.6 Å². The quantitative estimate of drug-likeness (QED) is 0.838. The highest BCUT2D eigenvalue weighted by molar-refractivity contribution is 6.30. The second-order valence-corrected chi connectivity index (χ2v) is 6.18. The molecule has 1 aliphatic heterocycles. The first-order valence-electron chi connectivity index (χ1n) is 7.71. The molecule has 24 heavy (non-hydrogen) atoms. The Morgan fingerprint density at radius 3 is 2.54 bits per heavy atom. The summed E-state index contributed by atoms with van der Waals surface area (Å²) in [7, 11) is 0. The van der Waals surface area contributed by atoms with Crippen molar-refractivity contribution in [3.8, 4) is 0 Å². The number of nitrogens with zero attached hydrogens (tertiary/aromatic N) is 2. The van der Waals surface area contributed by atoms with E-state index in [1.165, 1.54) is 17.1 Å². The topological polar surface area (TPSA) is 44.7 Å². The van der Waals surface area contributed by atoms with Crippen LogP contribution in [0, 0.1) is 11.7 Å². The van der Waals surface area contributed by atoms with Gasteiger partial charge >= 0.3 is 6.03 Å². The van der Waals surface area contributed by atoms with Crippen LogP contribution < -0.4 is 5.32 Å². The molecule has 1 N–H and O–H groups in total. The van der Waals surface area contributed by atoms with Crippen LogP contribution in [0.3, 0.4) is 0 Å². The van der Waals surface area contributed by atoms with E-state index < -0.39 is 0 Å². The van der Waals surface area contributed by atoms with Crippen LogP contribution in [0.4, 0.5) is 14.9 Å². The maximum atomic E-state index is 13.1. The number of nitrogens with one attached hydrogen (secondary N) is 1. The van der Waals surface area contributed by atoms with E-state index in [0.29, 0.717) is 17.3 Å². The highest BCUT2D eigenvalue weighted by atomic mass is 35.5. The molecule has 2 aromatic carbocycles. The van der Waals surface area contributed by atoms with Crippen molar-refractivity contribution >= 4 is 29.0 Å². The summed E-state index contributed by atoms with van der Waals surface area (Å²) >= 11 is 5.84. The van der Waals surface area contributed by atoms with Gasteiger partial charge in [0.1, 0.15) is 5.82 Å². The average molecular weight is 346 g/mol. The monoisotopic (exact) mass is 345 g/mol. The number of carbonyl (C=O) groups is 1. The van der Waals surface area contributed by atoms with E-state index in [1.807, 2.05) is 0 Å². The zero-order valence-electron chi connectivity index (χ0n) is 13.2. The molecular weight excluding hydrogens is 329 g/mol. The van der Waals surface area contributed by atoms with Gasteiger partial charge < -0.3 is 5.32 Å². The molecule has 0 radical (unpaired) electrons. The SMILES string of the molecule is CC1CCN(C(=O)Nc2ccc(Cl)cc2)N=C1c1ccc(F)cc1. The molecule has 1 atom stereocenters. The number of anilines is 1. The fourth-order valence-corrected chi connectivity index (χ4v) is 2.69. The van der Waals surface area contributed by atoms with Crippen molar-refractivity contribution in [1.29, 1.82) is 0 Å². The van der Waals surface area contributed by atoms with E-state index in [1.54, 1.807) is 36.4 Å². The molecule has 1 heterocycles. The molecule has 4 nitrogen and oxygen atoms in total. The molecule has 0 spiro atoms. The predicted octanol–water partition coefficient (Wildman–Crippen LogP) is 4.76. The van der Waals surface area contributed by atoms with E-state index in [0.717, 1.165) is 17.7 Å². The smallest absolute Gasteiger partial charge is 0.306 e. The molecule has 0 aromatic heterocycles. The molecule has 6 heteroatoms. The van der Waals surface area contributed by atoms with Gasteiger partial charge in [-0.15, -0.1) is 0 Å². The van der Waals surface area contributed by atoms with E-state index in [2.05, 4.69) is 17.3 Å². The fraction of sp³-hybridized carbons (Fsp3) is 0.222. The third-order valence-electron chi connectivity index (χ3n) is 3.94. The lowest BCUT2D eigenvalue weighted by molar-refractivity contribution is 0.208. The zero-order valence-corrected chi connectivity index (χ0v) is 13.9. The number of carbonyl (C=O) groups excluding carboxylic acids is 1. The predicted molar refractivity (Wildman–Crippen MR) is 93.9 cm³/mol. The van der Waals surface area contributed by atoms with Gasteiger partial charge in [0.05, 0.1) is 5.71 Å². The number of hydrogen-bond acceptors (Lipinski definition) is 2. The van der Waals surface area contributed by atoms with Crippen molar-refractivity contribution in [2.24, 2.45) is 11.0 Å². The van der Waals surface area contributed by atoms with E-state index in [9.17, 15) is 9.18 Å². The summed E-state index contributed by atoms with van der Waals surface area (Å²) in [6.45, 7) is 2.59. The summed E-state index contributed by atoms with van der Waals surface area (Å²) in [5.41, 5.74) is 2.27. The van der Waals surface area contributed by atoms with Crippen LogP contribution in [-0.4, -0.2) is 23.3 Å². The van der Waals surface area contributed by atoms with Gasteiger partial charge in [-0.1, -0.05) is 30.7 Å². The Bertz CT molecular complexity index is 759. The third-order valence-corrected chi connectivity index (χ3v) is 4.19. The summed E-state index contributed by atoms with van der Waals surface area (Å²) in [4.78, 5) is 12.4. The Hall–Kier alpha value is -2.40. The van der Waals surface area contributed by atoms with Crippen LogP contribution in [0.5, 0.6) is 0 Å². The molecule has 124 valence electrons. The molecule has 0 saturated heterocycles. The van der Waals surface area contributed by atoms with E-state index in [-0.39, 0.29) is 17.8 Å². The lowest BCUT2D eigenvalue weighted by Gasteiger charge is -2.28. The van der Waals surface area contributed by atoms with Crippen LogP contribution in [0.1, 0.15) is 18.9 Å². The minimum absolute atomic E-state index is 0.204. The molecule has 0 fully saturated rings. The van der Waals surface area contributed by atoms with Gasteiger partial charge in [-0.3, -0.25) is 0 Å². The van der Waals surface area contributed by atoms with Gasteiger partial charge in [-0.25, -0.2) is 14.2 Å². The average Bonchev–Trinajstić information content (AvgIpc) is 2.58. The first-order valence-corrected chi connectivity index (χ1v) is 8.09. The summed E-state index contributed by atoms with van der Waals surface area (Å²) in [5.74, 6) is -0.0878. The van der Waals surface area contributed by atoms with Crippen molar-refractivity contribution in [3.63, 3.8) is 0 Å². The molecule has 0 aliphatic carbocycles. The summed E-state index contributed by atoms with van der Waals surface area (Å²) in [6.07, 6.45) is 0.796. The van der Waals surface area contributed by atoms with Crippen LogP contribution in [0.2, 0.25) is 5.02 Å². The van der Waals surface area contributed by atoms with Crippen molar-refractivity contribution in [3.05, 3.63) is 64.9 Å². The molecule has 2 amide bonds. The number of hydrogen-bond donors (Lipinski definition) is 1. The fourth-order valence-electron chi connectivity index (χ4n) is 2.56. The largest absolute Gasteiger partial charge is 0.342 e. The maximum absolute atomic E-state index is 13.1. The van der Waals surface area contributed by atoms with Gasteiger partial charge in [0.25, 0.3) is 0 Å². The van der Waals surface area contributed by atoms with Crippen molar-refractivity contribution in [2.45, 2.75) is 13.3 Å². The van der Waals surface area contributed by atoms with E-state index >= 15 is 0 Å². The van der Waals surface area contributed by atoms with Gasteiger partial charge in [0.2, 0.25) is 0 Å². The van der Waals surface area contributed by atoms with Crippen molar-refractivity contribution in [1.82, 2.24) is 5.01 Å². The van der Waals surface area contributed by atoms with Gasteiger partial charge in [-0.05, 0) is 48.4 Å². The second-order valence-electron chi connectivity index (χ2n) is 5.74. The minimum atomic E-state index is -0.302. The molecule has 1 aliphatic rings. The van der Waals surface area contributed by atoms with Crippen LogP contribution in [0.15, 0.2) is 53.6 Å². The first kappa shape index (κ1) is 16.5. The highest BCUT2D eigenvalue weighted by Crippen LogP contribution is 2.21. The number of rotatable bonds is 2. The minimum Gasteiger partial charge on any atom is -0.306 e. The highest BCUT2D eigenvalue weighted by Gasteiger charge is 2.24. The van der Waals surface area contributed by atoms with Gasteiger partial charge in [-0.2, -0.15) is 5.10 Å². The number of urea groups is 1. The molecule has 2 aromatic rings. The lowest BCUT2D eigenvalue weighted by Crippen LogP contribution is -2.38. The maximum Gasteiger partial charge on any atom is 0.342 e. The molecular formula is C18H17ClFN3O. The van der Waals surface area contributed by atoms with E-state index in [4.69, 9.17) is 11.6 Å². The summed E-state index contributed by atoms with van der Waals surface area (Å²) < 4.78 is 13.1. The Morgan fingerprint density at radius 2 is 1.88 bits per heavy atom. The molecule has 0 bridgehead atoms. The summed E-state index contributed by atoms with van der Waals surface area (Å²) in [6, 6.07) is 12.8. The number of hydrazone groups is 1. The van der Waals surface area contributed by atoms with Crippen molar-refractivity contribution in [2.75, 3.05) is 11.9 Å². The van der Waals surface area contributed by atoms with Crippen molar-refractivity contribution < 1.29 is 9.18 Å². The Labute approximate surface area is 144 Å². The number of benzene rings is 2. The number of amides is 2. The van der Waals surface area contributed by atoms with Crippen LogP contribution in [0.25, 0.3) is 0 Å². The molecule has 1 unspecified atom stereocenters. The second kappa shape index (κ2) is 7.01. The van der Waals surface area contributed by atoms with Gasteiger partial charge in [0.15, 0.2) is 0 Å². The normalized spacial score (nSPS) is 17.4. The first-order chi connectivity index (χ1) is 11.5. The Balaban J connectivity index is 1.78. The lowest BCUT2D eigenvalue weighted by atomic mass is 9.94. The molecule has 3 rings (SSSR count). The molecule has 0 saturated carbocycles. The Morgan fingerprint density at radius 1 is 1.21 bits per heavy atom. The Kier molecular flexibility index (Phi) is 4.81. The zero-order chi connectivity index (χ0) is 17.1. The third kappa shape index (κ3) is 3.74. The van der Waals surface area contributed by atoms with Crippen LogP contribution in [-0.2, 0) is 0 Å². The summed E-state index contributed by atoms with van der Waals surface area (Å²) in [5, 5.41) is 9.28. The van der Waals surface area contributed by atoms with Gasteiger partial charge in [0, 0.05) is 23.2 Å².